The van der Waals surface area contributed by atoms with Crippen molar-refractivity contribution in [1.29, 1.82) is 0 Å². The minimum absolute atomic E-state index is 0. The Bertz CT molecular complexity index is 2460. The molecule has 2 aromatic carbocycles. The summed E-state index contributed by atoms with van der Waals surface area (Å²) in [5, 5.41) is 0. The first-order chi connectivity index (χ1) is 30.6. The number of ether oxygens (including phenoxy) is 4. The number of hydrogen-bond donors (Lipinski definition) is 0. The quantitative estimate of drug-likeness (QED) is 0.110. The minimum atomic E-state index is 0. The van der Waals surface area contributed by atoms with Crippen LogP contribution in [0.2, 0.25) is 0 Å². The van der Waals surface area contributed by atoms with Crippen LogP contribution in [0.15, 0.2) is 93.9 Å². The van der Waals surface area contributed by atoms with Crippen LogP contribution >= 0.6 is 31.9 Å². The second-order valence-corrected chi connectivity index (χ2v) is 17.4. The van der Waals surface area contributed by atoms with E-state index in [0.29, 0.717) is 26.4 Å². The van der Waals surface area contributed by atoms with E-state index in [9.17, 15) is 0 Å². The number of halogens is 2. The van der Waals surface area contributed by atoms with Crippen molar-refractivity contribution < 1.29 is 38.4 Å². The number of rotatable bonds is 0. The van der Waals surface area contributed by atoms with Crippen molar-refractivity contribution in [3.8, 4) is 45.3 Å². The molecular formula is C52H50Br2N4O4Zn. The zero-order valence-electron chi connectivity index (χ0n) is 35.6. The molecule has 6 aliphatic rings. The van der Waals surface area contributed by atoms with E-state index >= 15 is 0 Å². The van der Waals surface area contributed by atoms with Gasteiger partial charge in [0.1, 0.15) is 23.0 Å². The summed E-state index contributed by atoms with van der Waals surface area (Å²) >= 11 is 7.89. The molecule has 0 N–H and O–H groups in total. The third-order valence-electron chi connectivity index (χ3n) is 11.4. The summed E-state index contributed by atoms with van der Waals surface area (Å²) in [4.78, 5) is 21.2. The van der Waals surface area contributed by atoms with Gasteiger partial charge in [-0.1, -0.05) is 60.7 Å². The Labute approximate surface area is 399 Å². The molecule has 11 rings (SSSR count). The predicted molar refractivity (Wildman–Crippen MR) is 259 cm³/mol. The summed E-state index contributed by atoms with van der Waals surface area (Å²) in [6.45, 7) is 2.29. The van der Waals surface area contributed by atoms with Crippen molar-refractivity contribution in [3.63, 3.8) is 0 Å². The van der Waals surface area contributed by atoms with E-state index < -0.39 is 0 Å². The molecule has 0 radical (unpaired) electrons. The van der Waals surface area contributed by atoms with Crippen LogP contribution < -0.4 is 28.9 Å². The van der Waals surface area contributed by atoms with E-state index in [2.05, 4.69) is 56.2 Å². The number of fused-ring (bicyclic) bond motifs is 20. The van der Waals surface area contributed by atoms with Gasteiger partial charge < -0.3 is 28.9 Å². The van der Waals surface area contributed by atoms with Gasteiger partial charge in [0.25, 0.3) is 0 Å². The average molecular weight is 1020 g/mol. The Morgan fingerprint density at radius 3 is 1.05 bits per heavy atom. The minimum Gasteiger partial charge on any atom is -0.656 e. The van der Waals surface area contributed by atoms with Crippen LogP contribution in [0, 0.1) is 0 Å². The Kier molecular flexibility index (Phi) is 15.5. The zero-order chi connectivity index (χ0) is 42.1. The number of hydrogen-bond acceptors (Lipinski definition) is 6. The second-order valence-electron chi connectivity index (χ2n) is 15.8. The van der Waals surface area contributed by atoms with Crippen LogP contribution in [0.1, 0.15) is 99.8 Å². The van der Waals surface area contributed by atoms with Gasteiger partial charge >= 0.3 is 19.5 Å². The van der Waals surface area contributed by atoms with E-state index in [-0.39, 0.29) is 19.5 Å². The topological polar surface area (TPSA) is 90.9 Å². The van der Waals surface area contributed by atoms with Gasteiger partial charge in [0.15, 0.2) is 0 Å². The molecule has 0 unspecified atom stereocenters. The first kappa shape index (κ1) is 44.9. The second kappa shape index (κ2) is 21.8. The monoisotopic (exact) mass is 1020 g/mol. The van der Waals surface area contributed by atoms with Crippen molar-refractivity contribution >= 4 is 78.2 Å². The predicted octanol–water partition coefficient (Wildman–Crippen LogP) is 14.1. The molecule has 0 saturated carbocycles. The van der Waals surface area contributed by atoms with Crippen LogP contribution in [0.25, 0.3) is 68.6 Å². The molecule has 8 nitrogen and oxygen atoms in total. The Morgan fingerprint density at radius 2 is 0.698 bits per heavy atom. The fourth-order valence-corrected chi connectivity index (χ4v) is 9.07. The molecular weight excluding hydrogens is 970 g/mol. The fraction of sp³-hybridized carbons (Fsp3) is 0.308. The number of benzene rings is 2. The molecule has 0 amide bonds. The van der Waals surface area contributed by atoms with Gasteiger partial charge in [-0.3, -0.25) is 0 Å². The van der Waals surface area contributed by atoms with E-state index in [1.165, 1.54) is 0 Å². The SMILES string of the molecule is Brc1c2nc(c3c4ccc([n-]4)c(Br)c4nc(c(c5ccc1[n-]5)-c1c5cccc1OCCCC/C=C/CCCCOc1cccc(c1-3)OCCCC/C=C/CCCCO5)C=C4)C=C2.[Zn+2]. The maximum Gasteiger partial charge on any atom is 2.00 e. The van der Waals surface area contributed by atoms with Crippen LogP contribution in [-0.4, -0.2) is 36.4 Å². The average Bonchev–Trinajstić information content (AvgIpc) is 4.14. The number of aromatic nitrogens is 4. The largest absolute Gasteiger partial charge is 2.00 e. The number of nitrogens with zero attached hydrogens (tertiary/aromatic N) is 4. The molecule has 0 fully saturated rings. The summed E-state index contributed by atoms with van der Waals surface area (Å²) in [5.74, 6) is 2.97. The van der Waals surface area contributed by atoms with Gasteiger partial charge in [-0.05, 0) is 157 Å². The van der Waals surface area contributed by atoms with E-state index in [1.54, 1.807) is 0 Å². The van der Waals surface area contributed by atoms with Crippen LogP contribution in [-0.2, 0) is 19.5 Å². The van der Waals surface area contributed by atoms with Gasteiger partial charge in [-0.15, -0.1) is 22.1 Å². The van der Waals surface area contributed by atoms with Crippen molar-refractivity contribution in [2.75, 3.05) is 26.4 Å². The van der Waals surface area contributed by atoms with Crippen molar-refractivity contribution in [2.45, 2.75) is 77.0 Å². The summed E-state index contributed by atoms with van der Waals surface area (Å²) in [6, 6.07) is 20.4. The number of allylic oxidation sites excluding steroid dienone is 4. The Hall–Kier alpha value is -4.70. The molecule has 5 aromatic rings. The molecule has 318 valence electrons. The van der Waals surface area contributed by atoms with Gasteiger partial charge in [0.05, 0.1) is 60.3 Å². The van der Waals surface area contributed by atoms with Crippen LogP contribution in [0.3, 0.4) is 0 Å². The third-order valence-corrected chi connectivity index (χ3v) is 13.0. The molecule has 6 aliphatic heterocycles. The molecule has 9 heterocycles. The molecule has 3 aromatic heterocycles. The van der Waals surface area contributed by atoms with Gasteiger partial charge in [-0.25, -0.2) is 9.97 Å². The van der Waals surface area contributed by atoms with Gasteiger partial charge in [0.2, 0.25) is 0 Å². The first-order valence-corrected chi connectivity index (χ1v) is 23.7. The van der Waals surface area contributed by atoms with Crippen molar-refractivity contribution in [1.82, 2.24) is 19.9 Å². The summed E-state index contributed by atoms with van der Waals surface area (Å²) in [7, 11) is 0. The molecule has 11 heteroatoms. The van der Waals surface area contributed by atoms with Gasteiger partial charge in [-0.2, -0.15) is 0 Å². The molecule has 12 bridgehead atoms. The third kappa shape index (κ3) is 10.5. The molecule has 0 saturated heterocycles. The maximum absolute atomic E-state index is 6.70. The zero-order valence-corrected chi connectivity index (χ0v) is 41.7. The summed E-state index contributed by atoms with van der Waals surface area (Å²) in [6.07, 6.45) is 29.1. The smallest absolute Gasteiger partial charge is 0.656 e. The van der Waals surface area contributed by atoms with Crippen LogP contribution in [0.4, 0.5) is 0 Å². The fourth-order valence-electron chi connectivity index (χ4n) is 8.18. The summed E-state index contributed by atoms with van der Waals surface area (Å²) in [5.41, 5.74) is 9.31. The molecule has 0 aliphatic carbocycles. The molecule has 63 heavy (non-hydrogen) atoms. The van der Waals surface area contributed by atoms with Crippen molar-refractivity contribution in [2.24, 2.45) is 0 Å². The molecule has 0 spiro atoms. The maximum atomic E-state index is 6.70. The first-order valence-electron chi connectivity index (χ1n) is 22.1. The van der Waals surface area contributed by atoms with Crippen molar-refractivity contribution in [3.05, 3.63) is 117 Å². The van der Waals surface area contributed by atoms with E-state index in [1.807, 2.05) is 85.0 Å². The van der Waals surface area contributed by atoms with Crippen LogP contribution in [0.5, 0.6) is 23.0 Å². The van der Waals surface area contributed by atoms with E-state index in [0.717, 1.165) is 176 Å². The normalized spacial score (nSPS) is 17.2. The Balaban J connectivity index is 0.00000544. The standard InChI is InChI=1S/C52H50Br2N4O4.Zn/c53-51-39-27-23-35(55-39)47-36-24-28-40(56-36)52(54)42-30-26-38(58-42)48(37-25-29-41(51)57-37)50-44-20-18-22-46(50)62-34-16-12-8-4-3-7-11-15-33-61-45-21-17-19-43(49(45)47)59-31-13-9-5-1-2-6-10-14-32-60-44;/h1-4,17-30H,5-16,31-34H2;/q-2;+2/b2-1+,4-3+,47-35?,47-36?,48-37?,48-38?,51-39?,51-41?,52-40?,52-42?;. The van der Waals surface area contributed by atoms with E-state index in [4.69, 9.17) is 38.9 Å². The summed E-state index contributed by atoms with van der Waals surface area (Å²) < 4.78 is 28.3. The molecule has 0 atom stereocenters. The van der Waals surface area contributed by atoms with Gasteiger partial charge in [0, 0.05) is 20.1 Å². The Morgan fingerprint density at radius 1 is 0.381 bits per heavy atom.